The number of benzene rings is 1. The Morgan fingerprint density at radius 3 is 2.47 bits per heavy atom. The Morgan fingerprint density at radius 2 is 1.77 bits per heavy atom. The summed E-state index contributed by atoms with van der Waals surface area (Å²) in [6.07, 6.45) is 4.62. The summed E-state index contributed by atoms with van der Waals surface area (Å²) in [6, 6.07) is 14.3. The predicted molar refractivity (Wildman–Crippen MR) is 126 cm³/mol. The number of hydrogen-bond acceptors (Lipinski definition) is 6. The number of hydrogen-bond donors (Lipinski definition) is 0. The number of piperazine rings is 1. The van der Waals surface area contributed by atoms with E-state index in [2.05, 4.69) is 39.9 Å². The maximum Gasteiger partial charge on any atom is 0.164 e. The van der Waals surface area contributed by atoms with Crippen LogP contribution in [0.5, 0.6) is 0 Å². The molecule has 5 rings (SSSR count). The lowest BCUT2D eigenvalue weighted by Crippen LogP contribution is -2.47. The quantitative estimate of drug-likeness (QED) is 0.435. The summed E-state index contributed by atoms with van der Waals surface area (Å²) in [4.78, 5) is 21.3. The standard InChI is InChI=1S/C23H22ClN5S/c1-2-19-14-20-22(26-21(27-23(20)30-19)16-4-3-9-25-15-16)29-12-10-28(11-13-29)18-7-5-17(24)6-8-18/h3-9,14-15H,2,10-13H2,1H3. The molecular formula is C23H22ClN5S. The number of aromatic nitrogens is 3. The first kappa shape index (κ1) is 19.3. The highest BCUT2D eigenvalue weighted by molar-refractivity contribution is 7.18. The monoisotopic (exact) mass is 435 g/mol. The van der Waals surface area contributed by atoms with Gasteiger partial charge in [-0.1, -0.05) is 18.5 Å². The van der Waals surface area contributed by atoms with Crippen molar-refractivity contribution in [2.24, 2.45) is 0 Å². The summed E-state index contributed by atoms with van der Waals surface area (Å²) >= 11 is 7.81. The number of pyridine rings is 1. The zero-order valence-electron chi connectivity index (χ0n) is 16.8. The molecule has 1 aromatic carbocycles. The Morgan fingerprint density at radius 1 is 1.00 bits per heavy atom. The molecule has 0 saturated carbocycles. The molecule has 7 heteroatoms. The maximum atomic E-state index is 6.04. The van der Waals surface area contributed by atoms with Gasteiger partial charge in [-0.3, -0.25) is 4.98 Å². The van der Waals surface area contributed by atoms with E-state index in [1.165, 1.54) is 10.6 Å². The van der Waals surface area contributed by atoms with Crippen LogP contribution in [0.1, 0.15) is 11.8 Å². The molecule has 1 saturated heterocycles. The second-order valence-electron chi connectivity index (χ2n) is 7.35. The fourth-order valence-corrected chi connectivity index (χ4v) is 4.91. The van der Waals surface area contributed by atoms with Crippen molar-refractivity contribution in [3.05, 3.63) is 64.8 Å². The summed E-state index contributed by atoms with van der Waals surface area (Å²) in [5.41, 5.74) is 2.17. The number of thiophene rings is 1. The van der Waals surface area contributed by atoms with Crippen molar-refractivity contribution in [1.29, 1.82) is 0 Å². The average Bonchev–Trinajstić information content (AvgIpc) is 3.23. The first-order chi connectivity index (χ1) is 14.7. The minimum atomic E-state index is 0.746. The summed E-state index contributed by atoms with van der Waals surface area (Å²) in [5, 5.41) is 1.93. The molecule has 0 atom stereocenters. The van der Waals surface area contributed by atoms with Gasteiger partial charge in [-0.2, -0.15) is 0 Å². The van der Waals surface area contributed by atoms with Gasteiger partial charge < -0.3 is 9.80 Å². The molecule has 0 unspecified atom stereocenters. The Balaban J connectivity index is 1.47. The van der Waals surface area contributed by atoms with Gasteiger partial charge in [0.15, 0.2) is 5.82 Å². The molecule has 0 radical (unpaired) electrons. The molecule has 3 aromatic heterocycles. The van der Waals surface area contributed by atoms with E-state index in [1.807, 2.05) is 30.5 Å². The van der Waals surface area contributed by atoms with Crippen molar-refractivity contribution in [3.8, 4) is 11.4 Å². The van der Waals surface area contributed by atoms with Gasteiger partial charge in [0.2, 0.25) is 0 Å². The summed E-state index contributed by atoms with van der Waals surface area (Å²) in [6.45, 7) is 5.90. The molecule has 5 nitrogen and oxygen atoms in total. The van der Waals surface area contributed by atoms with E-state index in [1.54, 1.807) is 17.5 Å². The first-order valence-electron chi connectivity index (χ1n) is 10.2. The topological polar surface area (TPSA) is 45.2 Å². The smallest absolute Gasteiger partial charge is 0.164 e. The third-order valence-corrected chi connectivity index (χ3v) is 6.89. The number of fused-ring (bicyclic) bond motifs is 1. The van der Waals surface area contributed by atoms with Crippen LogP contribution in [0.2, 0.25) is 5.02 Å². The van der Waals surface area contributed by atoms with Gasteiger partial charge in [-0.25, -0.2) is 9.97 Å². The van der Waals surface area contributed by atoms with Gasteiger partial charge in [-0.15, -0.1) is 11.3 Å². The number of halogens is 1. The van der Waals surface area contributed by atoms with E-state index in [9.17, 15) is 0 Å². The van der Waals surface area contributed by atoms with Gasteiger partial charge in [0.25, 0.3) is 0 Å². The van der Waals surface area contributed by atoms with Crippen LogP contribution in [0.15, 0.2) is 54.9 Å². The van der Waals surface area contributed by atoms with Crippen molar-refractivity contribution in [1.82, 2.24) is 15.0 Å². The molecule has 0 aliphatic carbocycles. The van der Waals surface area contributed by atoms with Gasteiger partial charge >= 0.3 is 0 Å². The predicted octanol–water partition coefficient (Wildman–Crippen LogP) is 5.30. The summed E-state index contributed by atoms with van der Waals surface area (Å²) < 4.78 is 0. The Bertz CT molecular complexity index is 1150. The third-order valence-electron chi connectivity index (χ3n) is 5.46. The number of rotatable bonds is 4. The van der Waals surface area contributed by atoms with Crippen molar-refractivity contribution < 1.29 is 0 Å². The second kappa shape index (κ2) is 8.20. The lowest BCUT2D eigenvalue weighted by atomic mass is 10.2. The fraction of sp³-hybridized carbons (Fsp3) is 0.261. The van der Waals surface area contributed by atoms with Crippen molar-refractivity contribution in [3.63, 3.8) is 0 Å². The molecular weight excluding hydrogens is 414 g/mol. The maximum absolute atomic E-state index is 6.04. The molecule has 0 N–H and O–H groups in total. The first-order valence-corrected chi connectivity index (χ1v) is 11.4. The molecule has 0 bridgehead atoms. The molecule has 0 amide bonds. The van der Waals surface area contributed by atoms with Crippen molar-refractivity contribution >= 4 is 44.7 Å². The molecule has 1 aliphatic heterocycles. The fourth-order valence-electron chi connectivity index (χ4n) is 3.82. The number of aryl methyl sites for hydroxylation is 1. The van der Waals surface area contributed by atoms with E-state index in [0.29, 0.717) is 0 Å². The molecule has 1 aliphatic rings. The molecule has 0 spiro atoms. The van der Waals surface area contributed by atoms with Gasteiger partial charge in [0.05, 0.1) is 5.39 Å². The van der Waals surface area contributed by atoms with Crippen LogP contribution in [-0.2, 0) is 6.42 Å². The van der Waals surface area contributed by atoms with Crippen LogP contribution >= 0.6 is 22.9 Å². The largest absolute Gasteiger partial charge is 0.368 e. The van der Waals surface area contributed by atoms with Crippen molar-refractivity contribution in [2.75, 3.05) is 36.0 Å². The lowest BCUT2D eigenvalue weighted by molar-refractivity contribution is 0.649. The molecule has 4 aromatic rings. The van der Waals surface area contributed by atoms with Crippen LogP contribution < -0.4 is 9.80 Å². The van der Waals surface area contributed by atoms with Crippen LogP contribution in [0.25, 0.3) is 21.6 Å². The van der Waals surface area contributed by atoms with Gasteiger partial charge in [0, 0.05) is 59.7 Å². The van der Waals surface area contributed by atoms with E-state index >= 15 is 0 Å². The third kappa shape index (κ3) is 3.73. The van der Waals surface area contributed by atoms with E-state index in [0.717, 1.165) is 65.0 Å². The molecule has 30 heavy (non-hydrogen) atoms. The highest BCUT2D eigenvalue weighted by Gasteiger charge is 2.22. The van der Waals surface area contributed by atoms with E-state index < -0.39 is 0 Å². The van der Waals surface area contributed by atoms with E-state index in [-0.39, 0.29) is 0 Å². The van der Waals surface area contributed by atoms with Crippen LogP contribution in [0, 0.1) is 0 Å². The minimum absolute atomic E-state index is 0.746. The molecule has 4 heterocycles. The van der Waals surface area contributed by atoms with Crippen LogP contribution in [0.4, 0.5) is 11.5 Å². The summed E-state index contributed by atoms with van der Waals surface area (Å²) in [7, 11) is 0. The second-order valence-corrected chi connectivity index (χ2v) is 8.90. The van der Waals surface area contributed by atoms with Crippen LogP contribution in [0.3, 0.4) is 0 Å². The summed E-state index contributed by atoms with van der Waals surface area (Å²) in [5.74, 6) is 1.78. The van der Waals surface area contributed by atoms with Crippen LogP contribution in [-0.4, -0.2) is 41.1 Å². The normalized spacial score (nSPS) is 14.5. The zero-order valence-corrected chi connectivity index (χ0v) is 18.3. The van der Waals surface area contributed by atoms with Gasteiger partial charge in [-0.05, 0) is 48.9 Å². The van der Waals surface area contributed by atoms with Crippen molar-refractivity contribution in [2.45, 2.75) is 13.3 Å². The number of nitrogens with zero attached hydrogens (tertiary/aromatic N) is 5. The molecule has 1 fully saturated rings. The Labute approximate surface area is 185 Å². The van der Waals surface area contributed by atoms with Gasteiger partial charge in [0.1, 0.15) is 10.6 Å². The average molecular weight is 436 g/mol. The highest BCUT2D eigenvalue weighted by atomic mass is 35.5. The lowest BCUT2D eigenvalue weighted by Gasteiger charge is -2.37. The highest BCUT2D eigenvalue weighted by Crippen LogP contribution is 2.34. The molecule has 152 valence electrons. The SMILES string of the molecule is CCc1cc2c(N3CCN(c4ccc(Cl)cc4)CC3)nc(-c3cccnc3)nc2s1. The number of anilines is 2. The minimum Gasteiger partial charge on any atom is -0.368 e. The Kier molecular flexibility index (Phi) is 5.27. The zero-order chi connectivity index (χ0) is 20.5. The Hall–Kier alpha value is -2.70. The van der Waals surface area contributed by atoms with E-state index in [4.69, 9.17) is 21.6 Å².